The number of nitrogens with one attached hydrogen (secondary N) is 2. The largest absolute Gasteiger partial charge is 0.504 e. The number of ether oxygens (including phenoxy) is 1. The number of rotatable bonds is 7. The van der Waals surface area contributed by atoms with Gasteiger partial charge in [-0.3, -0.25) is 9.59 Å². The van der Waals surface area contributed by atoms with E-state index in [0.29, 0.717) is 27.4 Å². The number of nitrogens with zero attached hydrogens (tertiary/aromatic N) is 1. The molecule has 29 heavy (non-hydrogen) atoms. The maximum atomic E-state index is 11.9. The quantitative estimate of drug-likeness (QED) is 0.231. The van der Waals surface area contributed by atoms with Gasteiger partial charge in [0.2, 0.25) is 0 Å². The van der Waals surface area contributed by atoms with E-state index in [2.05, 4.69) is 29.7 Å². The molecule has 7 nitrogen and oxygen atoms in total. The molecule has 0 unspecified atom stereocenters. The highest BCUT2D eigenvalue weighted by Crippen LogP contribution is 2.32. The average Bonchev–Trinajstić information content (AvgIpc) is 2.70. The lowest BCUT2D eigenvalue weighted by Gasteiger charge is -2.08. The molecule has 0 aliphatic carbocycles. The number of benzene rings is 2. The van der Waals surface area contributed by atoms with Crippen LogP contribution in [0, 0.1) is 3.57 Å². The smallest absolute Gasteiger partial charge is 0.329 e. The van der Waals surface area contributed by atoms with E-state index >= 15 is 0 Å². The lowest BCUT2D eigenvalue weighted by atomic mass is 10.0. The van der Waals surface area contributed by atoms with Crippen molar-refractivity contribution in [2.45, 2.75) is 33.2 Å². The summed E-state index contributed by atoms with van der Waals surface area (Å²) in [7, 11) is 0. The number of hydrogen-bond donors (Lipinski definition) is 3. The Morgan fingerprint density at radius 2 is 1.90 bits per heavy atom. The van der Waals surface area contributed by atoms with E-state index in [0.717, 1.165) is 5.56 Å². The van der Waals surface area contributed by atoms with Gasteiger partial charge in [0.1, 0.15) is 0 Å². The van der Waals surface area contributed by atoms with Crippen LogP contribution in [0.2, 0.25) is 0 Å². The molecule has 0 atom stereocenters. The fourth-order valence-electron chi connectivity index (χ4n) is 2.43. The van der Waals surface area contributed by atoms with E-state index in [1.54, 1.807) is 12.1 Å². The Morgan fingerprint density at radius 1 is 1.21 bits per heavy atom. The predicted octanol–water partition coefficient (Wildman–Crippen LogP) is 3.29. The topological polar surface area (TPSA) is 100 Å². The fourth-order valence-corrected chi connectivity index (χ4v) is 3.06. The molecule has 0 aliphatic rings. The number of hydrazone groups is 1. The minimum Gasteiger partial charge on any atom is -0.504 e. The first kappa shape index (κ1) is 22.7. The maximum absolute atomic E-state index is 11.9. The summed E-state index contributed by atoms with van der Waals surface area (Å²) in [4.78, 5) is 23.8. The Morgan fingerprint density at radius 3 is 2.52 bits per heavy atom. The zero-order valence-electron chi connectivity index (χ0n) is 16.5. The number of phenolic OH excluding ortho intramolecular Hbond substituents is 1. The van der Waals surface area contributed by atoms with Crippen molar-refractivity contribution in [2.24, 2.45) is 5.10 Å². The second-order valence-corrected chi connectivity index (χ2v) is 7.72. The molecule has 0 saturated carbocycles. The Bertz CT molecular complexity index is 896. The third-order valence-electron chi connectivity index (χ3n) is 4.04. The van der Waals surface area contributed by atoms with Crippen LogP contribution in [-0.4, -0.2) is 29.7 Å². The second kappa shape index (κ2) is 10.8. The van der Waals surface area contributed by atoms with Crippen LogP contribution in [0.1, 0.15) is 43.4 Å². The van der Waals surface area contributed by atoms with E-state index in [-0.39, 0.29) is 12.3 Å². The molecule has 3 N–H and O–H groups in total. The molecule has 0 radical (unpaired) electrons. The Hall–Kier alpha value is -2.62. The maximum Gasteiger partial charge on any atom is 0.329 e. The van der Waals surface area contributed by atoms with Gasteiger partial charge in [-0.25, -0.2) is 5.43 Å². The highest BCUT2D eigenvalue weighted by atomic mass is 127. The van der Waals surface area contributed by atoms with Crippen molar-refractivity contribution in [3.8, 4) is 11.5 Å². The third kappa shape index (κ3) is 6.74. The fraction of sp³-hybridized carbons (Fsp3) is 0.286. The van der Waals surface area contributed by atoms with E-state index in [1.807, 2.05) is 53.8 Å². The van der Waals surface area contributed by atoms with Crippen molar-refractivity contribution < 1.29 is 19.4 Å². The lowest BCUT2D eigenvalue weighted by Crippen LogP contribution is -2.37. The van der Waals surface area contributed by atoms with Crippen LogP contribution in [0.15, 0.2) is 41.5 Å². The summed E-state index contributed by atoms with van der Waals surface area (Å²) >= 11 is 1.97. The number of phenols is 1. The Labute approximate surface area is 183 Å². The van der Waals surface area contributed by atoms with E-state index < -0.39 is 11.8 Å². The molecule has 0 spiro atoms. The normalized spacial score (nSPS) is 10.9. The second-order valence-electron chi connectivity index (χ2n) is 6.56. The average molecular weight is 509 g/mol. The molecule has 2 amide bonds. The summed E-state index contributed by atoms with van der Waals surface area (Å²) in [5.41, 5.74) is 4.92. The zero-order valence-corrected chi connectivity index (χ0v) is 18.7. The van der Waals surface area contributed by atoms with Crippen molar-refractivity contribution in [3.05, 3.63) is 56.7 Å². The van der Waals surface area contributed by atoms with Gasteiger partial charge >= 0.3 is 11.8 Å². The van der Waals surface area contributed by atoms with Crippen LogP contribution >= 0.6 is 22.6 Å². The summed E-state index contributed by atoms with van der Waals surface area (Å²) in [6, 6.07) is 11.1. The van der Waals surface area contributed by atoms with Crippen molar-refractivity contribution in [2.75, 3.05) is 6.61 Å². The van der Waals surface area contributed by atoms with E-state index in [1.165, 1.54) is 11.8 Å². The van der Waals surface area contributed by atoms with Gasteiger partial charge < -0.3 is 15.2 Å². The third-order valence-corrected chi connectivity index (χ3v) is 4.86. The summed E-state index contributed by atoms with van der Waals surface area (Å²) in [6.07, 6.45) is 1.37. The van der Waals surface area contributed by atoms with Crippen LogP contribution in [-0.2, 0) is 16.1 Å². The first-order valence-electron chi connectivity index (χ1n) is 9.17. The van der Waals surface area contributed by atoms with Crippen LogP contribution in [0.5, 0.6) is 11.5 Å². The molecule has 2 aromatic carbocycles. The number of amides is 2. The van der Waals surface area contributed by atoms with Gasteiger partial charge in [0.15, 0.2) is 11.5 Å². The highest BCUT2D eigenvalue weighted by molar-refractivity contribution is 14.1. The van der Waals surface area contributed by atoms with Gasteiger partial charge in [-0.1, -0.05) is 38.1 Å². The standard InChI is InChI=1S/C21H24IN3O4/c1-4-29-18-10-15(9-17(22)19(18)26)12-24-25-21(28)20(27)23-11-14-5-7-16(8-6-14)13(2)3/h5-10,12-13,26H,4,11H2,1-3H3,(H,23,27)(H,25,28)/b24-12-. The molecule has 0 heterocycles. The molecule has 2 rings (SSSR count). The molecule has 154 valence electrons. The van der Waals surface area contributed by atoms with Gasteiger partial charge in [0.05, 0.1) is 16.4 Å². The van der Waals surface area contributed by atoms with Crippen LogP contribution < -0.4 is 15.5 Å². The highest BCUT2D eigenvalue weighted by Gasteiger charge is 2.12. The van der Waals surface area contributed by atoms with Crippen LogP contribution in [0.3, 0.4) is 0 Å². The molecular weight excluding hydrogens is 485 g/mol. The molecule has 8 heteroatoms. The first-order valence-corrected chi connectivity index (χ1v) is 10.2. The van der Waals surface area contributed by atoms with Gasteiger partial charge in [-0.2, -0.15) is 5.10 Å². The monoisotopic (exact) mass is 509 g/mol. The number of aromatic hydroxyl groups is 1. The van der Waals surface area contributed by atoms with E-state index in [4.69, 9.17) is 4.74 Å². The summed E-state index contributed by atoms with van der Waals surface area (Å²) in [5.74, 6) is -0.824. The van der Waals surface area contributed by atoms with Crippen molar-refractivity contribution >= 4 is 40.6 Å². The summed E-state index contributed by atoms with van der Waals surface area (Å²) < 4.78 is 5.94. The van der Waals surface area contributed by atoms with Gasteiger partial charge in [0, 0.05) is 6.54 Å². The molecule has 0 aromatic heterocycles. The lowest BCUT2D eigenvalue weighted by molar-refractivity contribution is -0.139. The molecule has 2 aromatic rings. The molecule has 0 bridgehead atoms. The molecular formula is C21H24IN3O4. The SMILES string of the molecule is CCOc1cc(/C=N\NC(=O)C(=O)NCc2ccc(C(C)C)cc2)cc(I)c1O. The zero-order chi connectivity index (χ0) is 21.4. The minimum atomic E-state index is -0.862. The summed E-state index contributed by atoms with van der Waals surface area (Å²) in [5, 5.41) is 16.3. The number of carbonyl (C=O) groups excluding carboxylic acids is 2. The van der Waals surface area contributed by atoms with E-state index in [9.17, 15) is 14.7 Å². The van der Waals surface area contributed by atoms with Gasteiger partial charge in [-0.15, -0.1) is 0 Å². The Balaban J connectivity index is 1.89. The van der Waals surface area contributed by atoms with Gasteiger partial charge in [0.25, 0.3) is 0 Å². The first-order chi connectivity index (χ1) is 13.8. The van der Waals surface area contributed by atoms with Crippen LogP contribution in [0.25, 0.3) is 0 Å². The van der Waals surface area contributed by atoms with Crippen molar-refractivity contribution in [1.82, 2.24) is 10.7 Å². The van der Waals surface area contributed by atoms with Crippen LogP contribution in [0.4, 0.5) is 0 Å². The number of carbonyl (C=O) groups is 2. The molecule has 0 saturated heterocycles. The predicted molar refractivity (Wildman–Crippen MR) is 120 cm³/mol. The Kier molecular flexibility index (Phi) is 8.44. The van der Waals surface area contributed by atoms with Crippen molar-refractivity contribution in [3.63, 3.8) is 0 Å². The van der Waals surface area contributed by atoms with Gasteiger partial charge in [-0.05, 0) is 64.3 Å². The molecule has 0 aliphatic heterocycles. The molecule has 0 fully saturated rings. The van der Waals surface area contributed by atoms with Crippen molar-refractivity contribution in [1.29, 1.82) is 0 Å². The number of halogens is 1. The minimum absolute atomic E-state index is 0.0504. The summed E-state index contributed by atoms with van der Waals surface area (Å²) in [6.45, 7) is 6.69. The number of hydrogen-bond acceptors (Lipinski definition) is 5.